The van der Waals surface area contributed by atoms with Crippen LogP contribution in [-0.2, 0) is 27.9 Å². The van der Waals surface area contributed by atoms with Gasteiger partial charge in [0.2, 0.25) is 0 Å². The first-order valence-corrected chi connectivity index (χ1v) is 14.9. The van der Waals surface area contributed by atoms with Gasteiger partial charge in [0.25, 0.3) is 0 Å². The maximum Gasteiger partial charge on any atom is 0.165 e. The van der Waals surface area contributed by atoms with Gasteiger partial charge in [-0.15, -0.1) is 0 Å². The molecule has 0 amide bonds. The summed E-state index contributed by atoms with van der Waals surface area (Å²) in [5.74, 6) is 1.54. The number of halogens is 1. The van der Waals surface area contributed by atoms with Crippen LogP contribution in [0.1, 0.15) is 62.6 Å². The Morgan fingerprint density at radius 1 is 1.11 bits per heavy atom. The second kappa shape index (κ2) is 7.83. The number of ether oxygens (including phenoxy) is 3. The van der Waals surface area contributed by atoms with Crippen LogP contribution in [0.4, 0.5) is 4.39 Å². The summed E-state index contributed by atoms with van der Waals surface area (Å²) >= 11 is 0. The van der Waals surface area contributed by atoms with E-state index in [0.717, 1.165) is 38.1 Å². The third kappa shape index (κ3) is 2.58. The smallest absolute Gasteiger partial charge is 0.165 e. The van der Waals surface area contributed by atoms with Crippen molar-refractivity contribution < 1.29 is 18.6 Å². The lowest BCUT2D eigenvalue weighted by atomic mass is 9.42. The molecule has 1 spiro atoms. The highest BCUT2D eigenvalue weighted by molar-refractivity contribution is 5.62. The summed E-state index contributed by atoms with van der Waals surface area (Å²) in [4.78, 5) is 2.81. The van der Waals surface area contributed by atoms with Crippen molar-refractivity contribution in [2.45, 2.75) is 82.1 Å². The molecule has 0 saturated heterocycles. The Morgan fingerprint density at radius 3 is 2.63 bits per heavy atom. The van der Waals surface area contributed by atoms with Gasteiger partial charge in [-0.2, -0.15) is 0 Å². The average molecular weight is 518 g/mol. The van der Waals surface area contributed by atoms with Gasteiger partial charge in [-0.1, -0.05) is 50.2 Å². The maximum absolute atomic E-state index is 15.5. The van der Waals surface area contributed by atoms with E-state index in [1.165, 1.54) is 36.1 Å². The molecule has 202 valence electrons. The van der Waals surface area contributed by atoms with Gasteiger partial charge < -0.3 is 14.2 Å². The molecule has 9 rings (SSSR count). The summed E-state index contributed by atoms with van der Waals surface area (Å²) in [6, 6.07) is 14.6. The molecule has 7 atom stereocenters. The fraction of sp³-hybridized carbons (Fsp3) is 0.636. The minimum Gasteiger partial charge on any atom is -0.483 e. The van der Waals surface area contributed by atoms with E-state index in [0.29, 0.717) is 30.9 Å². The number of nitrogens with zero attached hydrogens (tertiary/aromatic N) is 1. The average Bonchev–Trinajstić information content (AvgIpc) is 3.77. The van der Waals surface area contributed by atoms with Crippen molar-refractivity contribution in [3.63, 3.8) is 0 Å². The van der Waals surface area contributed by atoms with E-state index >= 15 is 4.39 Å². The van der Waals surface area contributed by atoms with Crippen molar-refractivity contribution in [1.82, 2.24) is 4.90 Å². The van der Waals surface area contributed by atoms with Crippen LogP contribution in [0.15, 0.2) is 42.5 Å². The Kier molecular flexibility index (Phi) is 4.92. The standard InChI is InChI=1S/C33H40FNO3/c1-4-32-27-23-13-14-24(34)28(27)38-29(32)33(36-3)25-16-30(32,26(15-23)35(5-2)17-21-11-12-21)19-31(25,33)20-37-18-22-9-7-6-8-10-22/h6-10,13-14,21,25-26,29H,4-5,11-12,15-20H2,1-3H3. The molecule has 1 aliphatic heterocycles. The molecule has 38 heavy (non-hydrogen) atoms. The van der Waals surface area contributed by atoms with Crippen molar-refractivity contribution in [3.05, 3.63) is 65.0 Å². The zero-order valence-electron chi connectivity index (χ0n) is 23.0. The van der Waals surface area contributed by atoms with E-state index < -0.39 is 5.60 Å². The first-order valence-electron chi connectivity index (χ1n) is 14.9. The highest BCUT2D eigenvalue weighted by atomic mass is 19.1. The van der Waals surface area contributed by atoms with Crippen LogP contribution in [0, 0.1) is 28.5 Å². The van der Waals surface area contributed by atoms with E-state index in [2.05, 4.69) is 49.1 Å². The van der Waals surface area contributed by atoms with Gasteiger partial charge in [-0.3, -0.25) is 4.90 Å². The molecule has 5 heteroatoms. The van der Waals surface area contributed by atoms with Crippen LogP contribution in [0.25, 0.3) is 0 Å². The third-order valence-electron chi connectivity index (χ3n) is 12.1. The van der Waals surface area contributed by atoms with Crippen LogP contribution in [0.2, 0.25) is 0 Å². The molecule has 7 unspecified atom stereocenters. The van der Waals surface area contributed by atoms with Gasteiger partial charge in [0, 0.05) is 47.4 Å². The molecule has 0 N–H and O–H groups in total. The predicted molar refractivity (Wildman–Crippen MR) is 144 cm³/mol. The molecule has 6 aliphatic carbocycles. The van der Waals surface area contributed by atoms with E-state index in [1.54, 1.807) is 6.07 Å². The summed E-state index contributed by atoms with van der Waals surface area (Å²) in [6.45, 7) is 8.19. The van der Waals surface area contributed by atoms with Gasteiger partial charge in [-0.25, -0.2) is 4.39 Å². The SMILES string of the molecule is CCN(CC1CC1)C1Cc2ccc(F)c3c2C2(CC)C(O3)C3(OC)C4CC12CC43COCc1ccccc1. The van der Waals surface area contributed by atoms with Crippen molar-refractivity contribution in [3.8, 4) is 5.75 Å². The highest BCUT2D eigenvalue weighted by Gasteiger charge is 2.96. The van der Waals surface area contributed by atoms with Crippen molar-refractivity contribution in [2.75, 3.05) is 26.8 Å². The van der Waals surface area contributed by atoms with Crippen LogP contribution in [0.5, 0.6) is 5.75 Å². The lowest BCUT2D eigenvalue weighted by molar-refractivity contribution is -0.194. The Morgan fingerprint density at radius 2 is 1.92 bits per heavy atom. The zero-order valence-corrected chi connectivity index (χ0v) is 23.0. The summed E-state index contributed by atoms with van der Waals surface area (Å²) < 4.78 is 35.4. The van der Waals surface area contributed by atoms with Crippen LogP contribution < -0.4 is 4.74 Å². The van der Waals surface area contributed by atoms with Crippen LogP contribution >= 0.6 is 0 Å². The van der Waals surface area contributed by atoms with E-state index in [9.17, 15) is 0 Å². The van der Waals surface area contributed by atoms with Gasteiger partial charge in [0.1, 0.15) is 11.7 Å². The lowest BCUT2D eigenvalue weighted by Gasteiger charge is -2.65. The number of hydrogen-bond donors (Lipinski definition) is 0. The second-order valence-corrected chi connectivity index (χ2v) is 13.2. The van der Waals surface area contributed by atoms with Crippen molar-refractivity contribution >= 4 is 0 Å². The molecule has 4 nitrogen and oxygen atoms in total. The third-order valence-corrected chi connectivity index (χ3v) is 12.1. The van der Waals surface area contributed by atoms with Crippen LogP contribution in [0.3, 0.4) is 0 Å². The Bertz CT molecular complexity index is 1280. The summed E-state index contributed by atoms with van der Waals surface area (Å²) in [5.41, 5.74) is 3.02. The molecule has 0 aromatic heterocycles. The van der Waals surface area contributed by atoms with E-state index in [-0.39, 0.29) is 28.2 Å². The molecule has 4 bridgehead atoms. The molecular weight excluding hydrogens is 477 g/mol. The summed E-state index contributed by atoms with van der Waals surface area (Å²) in [7, 11) is 1.86. The topological polar surface area (TPSA) is 30.9 Å². The van der Waals surface area contributed by atoms with Gasteiger partial charge >= 0.3 is 0 Å². The van der Waals surface area contributed by atoms with E-state index in [4.69, 9.17) is 14.2 Å². The van der Waals surface area contributed by atoms with Gasteiger partial charge in [0.15, 0.2) is 11.6 Å². The number of methoxy groups -OCH3 is 1. The first kappa shape index (κ1) is 23.9. The first-order chi connectivity index (χ1) is 18.5. The summed E-state index contributed by atoms with van der Waals surface area (Å²) in [6.07, 6.45) is 6.73. The monoisotopic (exact) mass is 517 g/mol. The molecular formula is C33H40FNO3. The second-order valence-electron chi connectivity index (χ2n) is 13.2. The minimum absolute atomic E-state index is 0.0460. The number of rotatable bonds is 10. The Hall–Kier alpha value is -1.95. The van der Waals surface area contributed by atoms with E-state index in [1.807, 2.05) is 13.2 Å². The molecule has 0 radical (unpaired) electrons. The fourth-order valence-electron chi connectivity index (χ4n) is 10.7. The Labute approximate surface area is 225 Å². The largest absolute Gasteiger partial charge is 0.483 e. The number of hydrogen-bond acceptors (Lipinski definition) is 4. The number of benzene rings is 2. The predicted octanol–water partition coefficient (Wildman–Crippen LogP) is 5.90. The molecule has 2 aromatic rings. The summed E-state index contributed by atoms with van der Waals surface area (Å²) in [5, 5.41) is 0. The van der Waals surface area contributed by atoms with Gasteiger partial charge in [0.05, 0.1) is 13.2 Å². The molecule has 2 aromatic carbocycles. The zero-order chi connectivity index (χ0) is 25.9. The van der Waals surface area contributed by atoms with Crippen LogP contribution in [-0.4, -0.2) is 49.5 Å². The minimum atomic E-state index is -0.417. The van der Waals surface area contributed by atoms with Gasteiger partial charge in [-0.05, 0) is 68.2 Å². The highest BCUT2D eigenvalue weighted by Crippen LogP contribution is 2.90. The maximum atomic E-state index is 15.5. The Balaban J connectivity index is 1.25. The fourth-order valence-corrected chi connectivity index (χ4v) is 10.7. The normalized spacial score (nSPS) is 40.8. The number of likely N-dealkylation sites (N-methyl/N-ethyl adjacent to an activating group) is 1. The van der Waals surface area contributed by atoms with Crippen molar-refractivity contribution in [2.24, 2.45) is 22.7 Å². The molecule has 1 heterocycles. The molecule has 7 aliphatic rings. The lowest BCUT2D eigenvalue weighted by Crippen LogP contribution is -2.73. The molecule has 5 saturated carbocycles. The molecule has 5 fully saturated rings. The quantitative estimate of drug-likeness (QED) is 0.393. The van der Waals surface area contributed by atoms with Crippen molar-refractivity contribution in [1.29, 1.82) is 0 Å².